The predicted octanol–water partition coefficient (Wildman–Crippen LogP) is 4.86. The van der Waals surface area contributed by atoms with Gasteiger partial charge < -0.3 is 9.32 Å². The first-order valence-corrected chi connectivity index (χ1v) is 11.9. The third-order valence-corrected chi connectivity index (χ3v) is 6.89. The van der Waals surface area contributed by atoms with Gasteiger partial charge in [0.25, 0.3) is 0 Å². The first-order valence-electron chi connectivity index (χ1n) is 10.9. The number of aromatic nitrogens is 3. The zero-order valence-electron chi connectivity index (χ0n) is 17.7. The van der Waals surface area contributed by atoms with E-state index >= 15 is 0 Å². The van der Waals surface area contributed by atoms with Gasteiger partial charge >= 0.3 is 0 Å². The summed E-state index contributed by atoms with van der Waals surface area (Å²) in [7, 11) is 0. The second kappa shape index (κ2) is 8.94. The van der Waals surface area contributed by atoms with Crippen molar-refractivity contribution >= 4 is 17.7 Å². The molecule has 2 aliphatic carbocycles. The Balaban J connectivity index is 1.45. The molecule has 1 amide bonds. The lowest BCUT2D eigenvalue weighted by atomic mass is 9.86. The Morgan fingerprint density at radius 1 is 1.21 bits per heavy atom. The molecule has 0 aliphatic heterocycles. The number of hydrogen-bond acceptors (Lipinski definition) is 5. The van der Waals surface area contributed by atoms with Crippen LogP contribution < -0.4 is 0 Å². The van der Waals surface area contributed by atoms with Crippen LogP contribution in [0.3, 0.4) is 0 Å². The highest BCUT2D eigenvalue weighted by molar-refractivity contribution is 7.99. The zero-order chi connectivity index (χ0) is 20.4. The van der Waals surface area contributed by atoms with Crippen LogP contribution in [0.1, 0.15) is 59.3 Å². The third kappa shape index (κ3) is 4.87. The number of nitrogens with zero attached hydrogens (tertiary/aromatic N) is 4. The molecular weight excluding hydrogens is 384 g/mol. The summed E-state index contributed by atoms with van der Waals surface area (Å²) in [6.07, 6.45) is 8.76. The average molecular weight is 417 g/mol. The van der Waals surface area contributed by atoms with E-state index in [1.165, 1.54) is 24.6 Å². The van der Waals surface area contributed by atoms with Gasteiger partial charge in [-0.3, -0.25) is 9.36 Å². The van der Waals surface area contributed by atoms with Crippen molar-refractivity contribution in [2.75, 3.05) is 5.75 Å². The fraction of sp³-hybridized carbons (Fsp3) is 0.682. The van der Waals surface area contributed by atoms with Crippen LogP contribution in [0, 0.1) is 11.8 Å². The molecule has 0 spiro atoms. The molecule has 6 nitrogen and oxygen atoms in total. The van der Waals surface area contributed by atoms with E-state index in [-0.39, 0.29) is 5.91 Å². The smallest absolute Gasteiger partial charge is 0.233 e. The molecule has 2 saturated carbocycles. The molecule has 0 bridgehead atoms. The molecule has 0 aromatic carbocycles. The van der Waals surface area contributed by atoms with Crippen molar-refractivity contribution in [2.24, 2.45) is 11.8 Å². The summed E-state index contributed by atoms with van der Waals surface area (Å²) < 4.78 is 7.63. The molecule has 2 aromatic heterocycles. The van der Waals surface area contributed by atoms with E-state index in [0.29, 0.717) is 29.5 Å². The summed E-state index contributed by atoms with van der Waals surface area (Å²) in [6, 6.07) is 4.66. The Bertz CT molecular complexity index is 805. The Morgan fingerprint density at radius 3 is 2.48 bits per heavy atom. The quantitative estimate of drug-likeness (QED) is 0.575. The normalized spacial score (nSPS) is 22.2. The van der Waals surface area contributed by atoms with Crippen LogP contribution in [0.15, 0.2) is 28.0 Å². The molecule has 0 unspecified atom stereocenters. The molecule has 7 heteroatoms. The summed E-state index contributed by atoms with van der Waals surface area (Å²) in [5, 5.41) is 9.54. The minimum atomic E-state index is 0.260. The van der Waals surface area contributed by atoms with Gasteiger partial charge in [0.2, 0.25) is 5.91 Å². The van der Waals surface area contributed by atoms with Crippen molar-refractivity contribution in [3.05, 3.63) is 18.4 Å². The Kier molecular flexibility index (Phi) is 6.32. The highest BCUT2D eigenvalue weighted by atomic mass is 32.2. The van der Waals surface area contributed by atoms with E-state index in [1.807, 2.05) is 12.1 Å². The lowest BCUT2D eigenvalue weighted by molar-refractivity contribution is -0.132. The molecular formula is C22H32N4O2S. The number of thioether (sulfide) groups is 1. The SMILES string of the molecule is CC(C)Cn1c(SCC(=O)N(C2CCC(C)CC2)C2CC2)nnc1-c1ccco1. The van der Waals surface area contributed by atoms with Gasteiger partial charge in [0.1, 0.15) is 0 Å². The molecule has 29 heavy (non-hydrogen) atoms. The summed E-state index contributed by atoms with van der Waals surface area (Å²) in [4.78, 5) is 15.4. The highest BCUT2D eigenvalue weighted by Gasteiger charge is 2.38. The highest BCUT2D eigenvalue weighted by Crippen LogP contribution is 2.36. The molecule has 2 fully saturated rings. The van der Waals surface area contributed by atoms with Crippen molar-refractivity contribution in [2.45, 2.75) is 83.1 Å². The number of rotatable bonds is 8. The molecule has 0 N–H and O–H groups in total. The standard InChI is InChI=1S/C22H32N4O2S/c1-15(2)13-25-21(19-5-4-12-28-19)23-24-22(25)29-14-20(27)26(18-10-11-18)17-8-6-16(3)7-9-17/h4-5,12,15-18H,6-11,13-14H2,1-3H3. The Morgan fingerprint density at radius 2 is 1.90 bits per heavy atom. The largest absolute Gasteiger partial charge is 0.461 e. The van der Waals surface area contributed by atoms with Gasteiger partial charge in [0.05, 0.1) is 12.0 Å². The van der Waals surface area contributed by atoms with Crippen molar-refractivity contribution in [1.82, 2.24) is 19.7 Å². The third-order valence-electron chi connectivity index (χ3n) is 5.94. The van der Waals surface area contributed by atoms with E-state index in [4.69, 9.17) is 4.42 Å². The molecule has 0 saturated heterocycles. The Labute approximate surface area is 177 Å². The van der Waals surface area contributed by atoms with Gasteiger partial charge in [-0.2, -0.15) is 0 Å². The van der Waals surface area contributed by atoms with Crippen LogP contribution in [-0.4, -0.2) is 43.4 Å². The molecule has 4 rings (SSSR count). The van der Waals surface area contributed by atoms with Crippen LogP contribution >= 0.6 is 11.8 Å². The van der Waals surface area contributed by atoms with Crippen LogP contribution in [0.25, 0.3) is 11.6 Å². The second-order valence-electron chi connectivity index (χ2n) is 9.02. The number of carbonyl (C=O) groups is 1. The lowest BCUT2D eigenvalue weighted by Gasteiger charge is -2.36. The van der Waals surface area contributed by atoms with Crippen LogP contribution in [-0.2, 0) is 11.3 Å². The van der Waals surface area contributed by atoms with E-state index in [0.717, 1.165) is 49.1 Å². The average Bonchev–Trinajstić information content (AvgIpc) is 3.21. The van der Waals surface area contributed by atoms with Gasteiger partial charge in [0, 0.05) is 18.6 Å². The van der Waals surface area contributed by atoms with Crippen LogP contribution in [0.5, 0.6) is 0 Å². The molecule has 158 valence electrons. The molecule has 0 radical (unpaired) electrons. The van der Waals surface area contributed by atoms with Crippen molar-refractivity contribution in [3.63, 3.8) is 0 Å². The van der Waals surface area contributed by atoms with Gasteiger partial charge in [-0.1, -0.05) is 32.5 Å². The number of carbonyl (C=O) groups excluding carboxylic acids is 1. The van der Waals surface area contributed by atoms with Crippen LogP contribution in [0.2, 0.25) is 0 Å². The van der Waals surface area contributed by atoms with E-state index in [1.54, 1.807) is 6.26 Å². The lowest BCUT2D eigenvalue weighted by Crippen LogP contribution is -2.44. The maximum Gasteiger partial charge on any atom is 0.233 e. The zero-order valence-corrected chi connectivity index (χ0v) is 18.5. The fourth-order valence-corrected chi connectivity index (χ4v) is 5.11. The number of amides is 1. The van der Waals surface area contributed by atoms with Crippen LogP contribution in [0.4, 0.5) is 0 Å². The van der Waals surface area contributed by atoms with Crippen molar-refractivity contribution in [3.8, 4) is 11.6 Å². The first-order chi connectivity index (χ1) is 14.0. The van der Waals surface area contributed by atoms with Gasteiger partial charge in [-0.15, -0.1) is 10.2 Å². The maximum absolute atomic E-state index is 13.2. The summed E-state index contributed by atoms with van der Waals surface area (Å²) >= 11 is 1.51. The molecule has 0 atom stereocenters. The topological polar surface area (TPSA) is 64.2 Å². The first kappa shape index (κ1) is 20.5. The predicted molar refractivity (Wildman–Crippen MR) is 115 cm³/mol. The molecule has 2 heterocycles. The van der Waals surface area contributed by atoms with E-state index in [2.05, 4.69) is 40.4 Å². The number of hydrogen-bond donors (Lipinski definition) is 0. The number of furan rings is 1. The summed E-state index contributed by atoms with van der Waals surface area (Å²) in [5.74, 6) is 3.38. The maximum atomic E-state index is 13.2. The van der Waals surface area contributed by atoms with Gasteiger partial charge in [-0.25, -0.2) is 0 Å². The minimum absolute atomic E-state index is 0.260. The molecule has 2 aliphatic rings. The van der Waals surface area contributed by atoms with Gasteiger partial charge in [-0.05, 0) is 62.5 Å². The van der Waals surface area contributed by atoms with Gasteiger partial charge in [0.15, 0.2) is 16.7 Å². The fourth-order valence-electron chi connectivity index (χ4n) is 4.29. The summed E-state index contributed by atoms with van der Waals surface area (Å²) in [5.41, 5.74) is 0. The minimum Gasteiger partial charge on any atom is -0.461 e. The van der Waals surface area contributed by atoms with E-state index in [9.17, 15) is 4.79 Å². The van der Waals surface area contributed by atoms with Crippen molar-refractivity contribution < 1.29 is 9.21 Å². The van der Waals surface area contributed by atoms with Crippen molar-refractivity contribution in [1.29, 1.82) is 0 Å². The van der Waals surface area contributed by atoms with E-state index < -0.39 is 0 Å². The molecule has 2 aromatic rings. The second-order valence-corrected chi connectivity index (χ2v) is 9.96. The monoisotopic (exact) mass is 416 g/mol. The summed E-state index contributed by atoms with van der Waals surface area (Å²) in [6.45, 7) is 7.47. The Hall–Kier alpha value is -1.76.